The molecule has 128 valence electrons. The molecule has 6 nitrogen and oxygen atoms in total. The highest BCUT2D eigenvalue weighted by atomic mass is 16.6. The van der Waals surface area contributed by atoms with Crippen molar-refractivity contribution >= 4 is 5.69 Å². The molecule has 24 heavy (non-hydrogen) atoms. The van der Waals surface area contributed by atoms with E-state index in [1.165, 1.54) is 12.1 Å². The first kappa shape index (κ1) is 17.9. The molecule has 2 rings (SSSR count). The lowest BCUT2D eigenvalue weighted by Gasteiger charge is -2.15. The Morgan fingerprint density at radius 2 is 1.96 bits per heavy atom. The standard InChI is InChI=1S/C18H22N2O4/c1-13(2)24-17-8-4-6-15(10-17)18(21)12-19-11-14-5-3-7-16(9-14)20(22)23/h3-10,13,18-19,21H,11-12H2,1-2H3. The van der Waals surface area contributed by atoms with Gasteiger partial charge in [0.1, 0.15) is 5.75 Å². The minimum Gasteiger partial charge on any atom is -0.491 e. The van der Waals surface area contributed by atoms with Gasteiger partial charge in [0.15, 0.2) is 0 Å². The third kappa shape index (κ3) is 5.33. The molecule has 0 aliphatic carbocycles. The van der Waals surface area contributed by atoms with Crippen LogP contribution in [0, 0.1) is 10.1 Å². The fraction of sp³-hybridized carbons (Fsp3) is 0.333. The summed E-state index contributed by atoms with van der Waals surface area (Å²) in [6.07, 6.45) is -0.608. The molecule has 0 heterocycles. The van der Waals surface area contributed by atoms with Crippen molar-refractivity contribution in [2.45, 2.75) is 32.6 Å². The van der Waals surface area contributed by atoms with Crippen molar-refractivity contribution < 1.29 is 14.8 Å². The van der Waals surface area contributed by atoms with Gasteiger partial charge in [0.05, 0.1) is 17.1 Å². The van der Waals surface area contributed by atoms with Crippen LogP contribution in [0.5, 0.6) is 5.75 Å². The summed E-state index contributed by atoms with van der Waals surface area (Å²) in [5.74, 6) is 0.722. The van der Waals surface area contributed by atoms with E-state index in [1.807, 2.05) is 44.2 Å². The first-order valence-electron chi connectivity index (χ1n) is 7.84. The number of aliphatic hydroxyl groups excluding tert-OH is 1. The normalized spacial score (nSPS) is 12.2. The number of non-ortho nitro benzene ring substituents is 1. The summed E-state index contributed by atoms with van der Waals surface area (Å²) in [6, 6.07) is 13.8. The zero-order valence-electron chi connectivity index (χ0n) is 13.8. The highest BCUT2D eigenvalue weighted by Gasteiger charge is 2.10. The van der Waals surface area contributed by atoms with Crippen LogP contribution in [0.1, 0.15) is 31.1 Å². The summed E-state index contributed by atoms with van der Waals surface area (Å²) >= 11 is 0. The number of nitro benzene ring substituents is 1. The SMILES string of the molecule is CC(C)Oc1cccc(C(O)CNCc2cccc([N+](=O)[O-])c2)c1. The minimum atomic E-state index is -0.681. The van der Waals surface area contributed by atoms with Gasteiger partial charge in [0.2, 0.25) is 0 Å². The first-order chi connectivity index (χ1) is 11.5. The van der Waals surface area contributed by atoms with Crippen LogP contribution >= 0.6 is 0 Å². The lowest BCUT2D eigenvalue weighted by atomic mass is 10.1. The molecule has 0 spiro atoms. The number of rotatable bonds is 8. The Bertz CT molecular complexity index is 688. The van der Waals surface area contributed by atoms with E-state index in [-0.39, 0.29) is 11.8 Å². The third-order valence-electron chi connectivity index (χ3n) is 3.40. The van der Waals surface area contributed by atoms with Crippen molar-refractivity contribution in [2.24, 2.45) is 0 Å². The molecule has 2 aromatic rings. The zero-order chi connectivity index (χ0) is 17.5. The van der Waals surface area contributed by atoms with Gasteiger partial charge in [-0.15, -0.1) is 0 Å². The number of nitro groups is 1. The molecule has 0 fully saturated rings. The average Bonchev–Trinajstić information content (AvgIpc) is 2.54. The van der Waals surface area contributed by atoms with Crippen molar-refractivity contribution in [3.05, 3.63) is 69.8 Å². The minimum absolute atomic E-state index is 0.0633. The number of aliphatic hydroxyl groups is 1. The maximum atomic E-state index is 10.8. The summed E-state index contributed by atoms with van der Waals surface area (Å²) in [5, 5.41) is 24.1. The van der Waals surface area contributed by atoms with E-state index < -0.39 is 11.0 Å². The molecule has 0 saturated heterocycles. The van der Waals surface area contributed by atoms with Crippen LogP contribution in [-0.4, -0.2) is 22.7 Å². The fourth-order valence-corrected chi connectivity index (χ4v) is 2.32. The monoisotopic (exact) mass is 330 g/mol. The van der Waals surface area contributed by atoms with E-state index in [1.54, 1.807) is 6.07 Å². The zero-order valence-corrected chi connectivity index (χ0v) is 13.8. The number of nitrogens with one attached hydrogen (secondary N) is 1. The summed E-state index contributed by atoms with van der Waals surface area (Å²) < 4.78 is 5.62. The highest BCUT2D eigenvalue weighted by molar-refractivity contribution is 5.34. The fourth-order valence-electron chi connectivity index (χ4n) is 2.32. The second kappa shape index (κ2) is 8.42. The van der Waals surface area contributed by atoms with E-state index in [0.29, 0.717) is 13.1 Å². The number of hydrogen-bond acceptors (Lipinski definition) is 5. The summed E-state index contributed by atoms with van der Waals surface area (Å²) in [7, 11) is 0. The quantitative estimate of drug-likeness (QED) is 0.573. The van der Waals surface area contributed by atoms with Gasteiger partial charge in [-0.3, -0.25) is 10.1 Å². The van der Waals surface area contributed by atoms with Gasteiger partial charge in [0, 0.05) is 25.2 Å². The van der Waals surface area contributed by atoms with E-state index in [9.17, 15) is 15.2 Å². The van der Waals surface area contributed by atoms with Gasteiger partial charge in [-0.05, 0) is 37.1 Å². The van der Waals surface area contributed by atoms with Crippen LogP contribution in [0.4, 0.5) is 5.69 Å². The van der Waals surface area contributed by atoms with E-state index in [2.05, 4.69) is 5.32 Å². The van der Waals surface area contributed by atoms with Gasteiger partial charge < -0.3 is 15.2 Å². The molecule has 2 N–H and O–H groups in total. The molecule has 0 amide bonds. The maximum Gasteiger partial charge on any atom is 0.269 e. The van der Waals surface area contributed by atoms with E-state index in [0.717, 1.165) is 16.9 Å². The largest absolute Gasteiger partial charge is 0.491 e. The number of hydrogen-bond donors (Lipinski definition) is 2. The molecular weight excluding hydrogens is 308 g/mol. The molecule has 1 atom stereocenters. The molecule has 2 aromatic carbocycles. The summed E-state index contributed by atoms with van der Waals surface area (Å²) in [4.78, 5) is 10.3. The van der Waals surface area contributed by atoms with Crippen LogP contribution in [-0.2, 0) is 6.54 Å². The smallest absolute Gasteiger partial charge is 0.269 e. The molecule has 0 radical (unpaired) electrons. The lowest BCUT2D eigenvalue weighted by molar-refractivity contribution is -0.384. The van der Waals surface area contributed by atoms with Crippen molar-refractivity contribution in [2.75, 3.05) is 6.54 Å². The van der Waals surface area contributed by atoms with Crippen LogP contribution in [0.25, 0.3) is 0 Å². The molecule has 6 heteroatoms. The molecular formula is C18H22N2O4. The third-order valence-corrected chi connectivity index (χ3v) is 3.40. The Kier molecular flexibility index (Phi) is 6.28. The van der Waals surface area contributed by atoms with E-state index in [4.69, 9.17) is 4.74 Å². The van der Waals surface area contributed by atoms with Crippen molar-refractivity contribution in [3.8, 4) is 5.75 Å². The van der Waals surface area contributed by atoms with Crippen LogP contribution < -0.4 is 10.1 Å². The predicted octanol–water partition coefficient (Wildman–Crippen LogP) is 3.21. The molecule has 0 saturated carbocycles. The summed E-state index contributed by atoms with van der Waals surface area (Å²) in [5.41, 5.74) is 1.63. The van der Waals surface area contributed by atoms with Gasteiger partial charge in [-0.2, -0.15) is 0 Å². The predicted molar refractivity (Wildman–Crippen MR) is 92.0 cm³/mol. The van der Waals surface area contributed by atoms with Crippen LogP contribution in [0.15, 0.2) is 48.5 Å². The van der Waals surface area contributed by atoms with Crippen molar-refractivity contribution in [3.63, 3.8) is 0 Å². The van der Waals surface area contributed by atoms with Crippen molar-refractivity contribution in [1.82, 2.24) is 5.32 Å². The number of benzene rings is 2. The van der Waals surface area contributed by atoms with Gasteiger partial charge in [0.25, 0.3) is 5.69 Å². The number of nitrogens with zero attached hydrogens (tertiary/aromatic N) is 1. The molecule has 1 unspecified atom stereocenters. The van der Waals surface area contributed by atoms with Crippen molar-refractivity contribution in [1.29, 1.82) is 0 Å². The molecule has 0 aliphatic heterocycles. The first-order valence-corrected chi connectivity index (χ1v) is 7.84. The van der Waals surface area contributed by atoms with Gasteiger partial charge >= 0.3 is 0 Å². The lowest BCUT2D eigenvalue weighted by Crippen LogP contribution is -2.21. The maximum absolute atomic E-state index is 10.8. The Hall–Kier alpha value is -2.44. The Morgan fingerprint density at radius 3 is 2.67 bits per heavy atom. The average molecular weight is 330 g/mol. The molecule has 0 aliphatic rings. The topological polar surface area (TPSA) is 84.6 Å². The van der Waals surface area contributed by atoms with Crippen LogP contribution in [0.2, 0.25) is 0 Å². The second-order valence-electron chi connectivity index (χ2n) is 5.81. The van der Waals surface area contributed by atoms with E-state index >= 15 is 0 Å². The Labute approximate surface area is 141 Å². The highest BCUT2D eigenvalue weighted by Crippen LogP contribution is 2.20. The second-order valence-corrected chi connectivity index (χ2v) is 5.81. The summed E-state index contributed by atoms with van der Waals surface area (Å²) in [6.45, 7) is 4.68. The molecule has 0 bridgehead atoms. The van der Waals surface area contributed by atoms with Gasteiger partial charge in [-0.1, -0.05) is 24.3 Å². The molecule has 0 aromatic heterocycles. The Morgan fingerprint density at radius 1 is 1.21 bits per heavy atom. The van der Waals surface area contributed by atoms with Gasteiger partial charge in [-0.25, -0.2) is 0 Å². The Balaban J connectivity index is 1.90. The number of ether oxygens (including phenoxy) is 1. The van der Waals surface area contributed by atoms with Crippen LogP contribution in [0.3, 0.4) is 0 Å².